The van der Waals surface area contributed by atoms with Crippen molar-refractivity contribution in [3.63, 3.8) is 0 Å². The van der Waals surface area contributed by atoms with Gasteiger partial charge in [-0.1, -0.05) is 22.0 Å². The molecule has 0 saturated carbocycles. The van der Waals surface area contributed by atoms with Crippen LogP contribution in [-0.2, 0) is 6.54 Å². The number of nitrogens with zero attached hydrogens (tertiary/aromatic N) is 2. The van der Waals surface area contributed by atoms with Crippen molar-refractivity contribution in [2.45, 2.75) is 19.4 Å². The highest BCUT2D eigenvalue weighted by Gasteiger charge is 1.99. The topological polar surface area (TPSA) is 16.1 Å². The van der Waals surface area contributed by atoms with Crippen LogP contribution in [0.5, 0.6) is 0 Å². The Bertz CT molecular complexity index is 238. The number of alkyl halides is 1. The van der Waals surface area contributed by atoms with Crippen LogP contribution in [0.2, 0.25) is 0 Å². The number of pyridine rings is 1. The van der Waals surface area contributed by atoms with Crippen LogP contribution < -0.4 is 0 Å². The number of hydrogen-bond acceptors (Lipinski definition) is 2. The molecule has 1 aromatic rings. The van der Waals surface area contributed by atoms with Gasteiger partial charge in [0.15, 0.2) is 0 Å². The molecule has 3 heteroatoms. The van der Waals surface area contributed by atoms with E-state index in [1.165, 1.54) is 12.8 Å². The summed E-state index contributed by atoms with van der Waals surface area (Å²) in [6.07, 6.45) is 4.34. The Morgan fingerprint density at radius 3 is 2.86 bits per heavy atom. The molecule has 0 fully saturated rings. The van der Waals surface area contributed by atoms with Crippen molar-refractivity contribution >= 4 is 15.9 Å². The molecule has 1 rings (SSSR count). The van der Waals surface area contributed by atoms with Gasteiger partial charge in [-0.25, -0.2) is 0 Å². The van der Waals surface area contributed by atoms with Gasteiger partial charge in [-0.15, -0.1) is 0 Å². The third-order valence-corrected chi connectivity index (χ3v) is 2.64. The fourth-order valence-corrected chi connectivity index (χ4v) is 1.72. The van der Waals surface area contributed by atoms with Gasteiger partial charge < -0.3 is 4.90 Å². The van der Waals surface area contributed by atoms with Gasteiger partial charge in [0.25, 0.3) is 0 Å². The predicted molar refractivity (Wildman–Crippen MR) is 63.6 cm³/mol. The molecule has 0 spiro atoms. The first-order valence-electron chi connectivity index (χ1n) is 4.97. The zero-order valence-corrected chi connectivity index (χ0v) is 10.2. The second kappa shape index (κ2) is 6.96. The van der Waals surface area contributed by atoms with Gasteiger partial charge in [0, 0.05) is 18.1 Å². The van der Waals surface area contributed by atoms with Gasteiger partial charge >= 0.3 is 0 Å². The zero-order valence-electron chi connectivity index (χ0n) is 8.62. The highest BCUT2D eigenvalue weighted by molar-refractivity contribution is 9.09. The lowest BCUT2D eigenvalue weighted by Crippen LogP contribution is -2.19. The molecule has 1 aromatic heterocycles. The number of rotatable bonds is 6. The molecule has 2 nitrogen and oxygen atoms in total. The van der Waals surface area contributed by atoms with Crippen LogP contribution in [-0.4, -0.2) is 28.8 Å². The summed E-state index contributed by atoms with van der Waals surface area (Å²) in [5.41, 5.74) is 1.15. The lowest BCUT2D eigenvalue weighted by atomic mass is 10.3. The molecule has 0 saturated heterocycles. The molecule has 14 heavy (non-hydrogen) atoms. The molecular formula is C11H17BrN2. The standard InChI is InChI=1S/C11H17BrN2/c1-14(9-5-3-7-12)10-11-6-2-4-8-13-11/h2,4,6,8H,3,5,7,9-10H2,1H3. The molecule has 0 aliphatic carbocycles. The Morgan fingerprint density at radius 1 is 1.36 bits per heavy atom. The van der Waals surface area contributed by atoms with Crippen molar-refractivity contribution in [3.05, 3.63) is 30.1 Å². The summed E-state index contributed by atoms with van der Waals surface area (Å²) >= 11 is 3.44. The minimum atomic E-state index is 0.948. The first kappa shape index (κ1) is 11.7. The van der Waals surface area contributed by atoms with Crippen LogP contribution in [0.25, 0.3) is 0 Å². The van der Waals surface area contributed by atoms with Gasteiger partial charge in [-0.2, -0.15) is 0 Å². The second-order valence-corrected chi connectivity index (χ2v) is 4.25. The Hall–Kier alpha value is -0.410. The number of hydrogen-bond donors (Lipinski definition) is 0. The van der Waals surface area contributed by atoms with E-state index in [0.29, 0.717) is 0 Å². The normalized spacial score (nSPS) is 10.8. The minimum Gasteiger partial charge on any atom is -0.301 e. The summed E-state index contributed by atoms with van der Waals surface area (Å²) in [6.45, 7) is 2.09. The summed E-state index contributed by atoms with van der Waals surface area (Å²) in [6, 6.07) is 6.06. The zero-order chi connectivity index (χ0) is 10.2. The molecule has 0 radical (unpaired) electrons. The third kappa shape index (κ3) is 4.72. The molecule has 0 amide bonds. The fraction of sp³-hybridized carbons (Fsp3) is 0.545. The van der Waals surface area contributed by atoms with E-state index in [2.05, 4.69) is 38.9 Å². The lowest BCUT2D eigenvalue weighted by Gasteiger charge is -2.15. The van der Waals surface area contributed by atoms with Crippen LogP contribution in [0.1, 0.15) is 18.5 Å². The Morgan fingerprint density at radius 2 is 2.21 bits per heavy atom. The van der Waals surface area contributed by atoms with E-state index in [0.717, 1.165) is 24.1 Å². The average molecular weight is 257 g/mol. The summed E-state index contributed by atoms with van der Waals surface area (Å²) in [5.74, 6) is 0. The van der Waals surface area contributed by atoms with Crippen molar-refractivity contribution in [2.24, 2.45) is 0 Å². The Kier molecular flexibility index (Phi) is 5.80. The molecule has 0 aliphatic rings. The molecule has 0 atom stereocenters. The Labute approximate surface area is 94.5 Å². The van der Waals surface area contributed by atoms with Crippen LogP contribution >= 0.6 is 15.9 Å². The molecule has 0 aromatic carbocycles. The van der Waals surface area contributed by atoms with E-state index in [4.69, 9.17) is 0 Å². The average Bonchev–Trinajstić information content (AvgIpc) is 2.20. The van der Waals surface area contributed by atoms with E-state index in [-0.39, 0.29) is 0 Å². The van der Waals surface area contributed by atoms with Crippen molar-refractivity contribution in [2.75, 3.05) is 18.9 Å². The van der Waals surface area contributed by atoms with Crippen molar-refractivity contribution in [1.29, 1.82) is 0 Å². The smallest absolute Gasteiger partial charge is 0.0543 e. The van der Waals surface area contributed by atoms with Gasteiger partial charge in [-0.3, -0.25) is 4.98 Å². The van der Waals surface area contributed by atoms with Gasteiger partial charge in [0.05, 0.1) is 5.69 Å². The molecule has 0 N–H and O–H groups in total. The quantitative estimate of drug-likeness (QED) is 0.575. The largest absolute Gasteiger partial charge is 0.301 e. The monoisotopic (exact) mass is 256 g/mol. The van der Waals surface area contributed by atoms with Crippen molar-refractivity contribution in [3.8, 4) is 0 Å². The highest BCUT2D eigenvalue weighted by Crippen LogP contribution is 2.01. The number of halogens is 1. The minimum absolute atomic E-state index is 0.948. The van der Waals surface area contributed by atoms with Gasteiger partial charge in [-0.05, 0) is 38.6 Å². The molecule has 0 unspecified atom stereocenters. The highest BCUT2D eigenvalue weighted by atomic mass is 79.9. The van der Waals surface area contributed by atoms with Crippen LogP contribution in [0.4, 0.5) is 0 Å². The van der Waals surface area contributed by atoms with Crippen LogP contribution in [0, 0.1) is 0 Å². The Balaban J connectivity index is 2.23. The third-order valence-electron chi connectivity index (χ3n) is 2.08. The molecule has 0 aliphatic heterocycles. The van der Waals surface area contributed by atoms with E-state index in [9.17, 15) is 0 Å². The van der Waals surface area contributed by atoms with E-state index < -0.39 is 0 Å². The first-order chi connectivity index (χ1) is 6.83. The van der Waals surface area contributed by atoms with Gasteiger partial charge in [0.2, 0.25) is 0 Å². The lowest BCUT2D eigenvalue weighted by molar-refractivity contribution is 0.317. The maximum Gasteiger partial charge on any atom is 0.0543 e. The van der Waals surface area contributed by atoms with Crippen molar-refractivity contribution < 1.29 is 0 Å². The molecule has 0 bridgehead atoms. The van der Waals surface area contributed by atoms with E-state index in [1.54, 1.807) is 0 Å². The molecule has 1 heterocycles. The summed E-state index contributed by atoms with van der Waals surface area (Å²) in [5, 5.41) is 1.10. The number of unbranched alkanes of at least 4 members (excludes halogenated alkanes) is 1. The second-order valence-electron chi connectivity index (χ2n) is 3.45. The van der Waals surface area contributed by atoms with Gasteiger partial charge in [0.1, 0.15) is 0 Å². The number of aromatic nitrogens is 1. The van der Waals surface area contributed by atoms with Crippen molar-refractivity contribution in [1.82, 2.24) is 9.88 Å². The summed E-state index contributed by atoms with van der Waals surface area (Å²) in [7, 11) is 2.14. The van der Waals surface area contributed by atoms with Crippen LogP contribution in [0.15, 0.2) is 24.4 Å². The summed E-state index contributed by atoms with van der Waals surface area (Å²) < 4.78 is 0. The molecular weight excluding hydrogens is 240 g/mol. The van der Waals surface area contributed by atoms with Crippen LogP contribution in [0.3, 0.4) is 0 Å². The maximum absolute atomic E-state index is 4.30. The fourth-order valence-electron chi connectivity index (χ4n) is 1.32. The molecule has 78 valence electrons. The van der Waals surface area contributed by atoms with E-state index >= 15 is 0 Å². The first-order valence-corrected chi connectivity index (χ1v) is 6.09. The SMILES string of the molecule is CN(CCCCBr)Cc1ccccn1. The predicted octanol–water partition coefficient (Wildman–Crippen LogP) is 2.69. The van der Waals surface area contributed by atoms with E-state index in [1.807, 2.05) is 18.3 Å². The summed E-state index contributed by atoms with van der Waals surface area (Å²) in [4.78, 5) is 6.61. The maximum atomic E-state index is 4.30.